The minimum Gasteiger partial charge on any atom is -0.783 e. The van der Waals surface area contributed by atoms with Crippen LogP contribution in [0.1, 0.15) is 99.9 Å². The Labute approximate surface area is 276 Å². The Morgan fingerprint density at radius 3 is 1.36 bits per heavy atom. The zero-order valence-electron chi connectivity index (χ0n) is 26.2. The monoisotopic (exact) mass is 665 g/mol. The average Bonchev–Trinajstić information content (AvgIpc) is 2.92. The Balaban J connectivity index is 0.00000882. The SMILES string of the molecule is CC=Cc1cc(OP([O-])(=S)Sc2cc(C=CC)c(C=CC)c(C=CC)c2C=CC)c(C=CC)c(C=CC)c1C=CC.[Zn]. The largest absolute Gasteiger partial charge is 0.783 e. The van der Waals surface area contributed by atoms with Crippen LogP contribution in [-0.4, -0.2) is 0 Å². The van der Waals surface area contributed by atoms with Gasteiger partial charge < -0.3 is 9.42 Å². The van der Waals surface area contributed by atoms with Crippen LogP contribution in [0.15, 0.2) is 65.6 Å². The van der Waals surface area contributed by atoms with Crippen molar-refractivity contribution in [2.24, 2.45) is 0 Å². The van der Waals surface area contributed by atoms with E-state index in [2.05, 4.69) is 36.4 Å². The third-order valence-electron chi connectivity index (χ3n) is 6.00. The van der Waals surface area contributed by atoms with Crippen LogP contribution in [0, 0.1) is 0 Å². The van der Waals surface area contributed by atoms with Crippen molar-refractivity contribution in [2.75, 3.05) is 0 Å². The van der Waals surface area contributed by atoms with Crippen LogP contribution in [0.25, 0.3) is 48.6 Å². The summed E-state index contributed by atoms with van der Waals surface area (Å²) in [5.41, 5.74) is 4.36. The number of benzene rings is 2. The third-order valence-corrected chi connectivity index (χ3v) is 9.56. The van der Waals surface area contributed by atoms with Gasteiger partial charge in [0, 0.05) is 29.9 Å². The molecule has 42 heavy (non-hydrogen) atoms. The number of rotatable bonds is 12. The molecule has 1 atom stereocenters. The molecule has 0 amide bonds. The van der Waals surface area contributed by atoms with Gasteiger partial charge in [-0.15, -0.1) is 0 Å². The zero-order valence-corrected chi connectivity index (χ0v) is 31.7. The molecular formula is C36H42O2PS2Zn-. The molecule has 6 heteroatoms. The first-order chi connectivity index (χ1) is 19.7. The van der Waals surface area contributed by atoms with Crippen molar-refractivity contribution in [1.29, 1.82) is 0 Å². The van der Waals surface area contributed by atoms with Crippen molar-refractivity contribution in [2.45, 2.75) is 60.3 Å². The summed E-state index contributed by atoms with van der Waals surface area (Å²) in [4.78, 5) is 15.0. The first-order valence-corrected chi connectivity index (χ1v) is 17.9. The third kappa shape index (κ3) is 9.90. The summed E-state index contributed by atoms with van der Waals surface area (Å²) in [6.07, 6.45) is 32.5. The van der Waals surface area contributed by atoms with E-state index in [1.54, 1.807) is 0 Å². The summed E-state index contributed by atoms with van der Waals surface area (Å²) in [5, 5.41) is 0. The van der Waals surface area contributed by atoms with Gasteiger partial charge in [-0.2, -0.15) is 0 Å². The Morgan fingerprint density at radius 1 is 0.548 bits per heavy atom. The Morgan fingerprint density at radius 2 is 0.905 bits per heavy atom. The number of hydrogen-bond donors (Lipinski definition) is 0. The van der Waals surface area contributed by atoms with Gasteiger partial charge >= 0.3 is 0 Å². The van der Waals surface area contributed by atoms with E-state index < -0.39 is 5.69 Å². The molecule has 0 radical (unpaired) electrons. The summed E-state index contributed by atoms with van der Waals surface area (Å²) in [7, 11) is 0. The predicted molar refractivity (Wildman–Crippen MR) is 191 cm³/mol. The molecule has 0 aromatic heterocycles. The molecule has 0 fully saturated rings. The molecule has 0 bridgehead atoms. The predicted octanol–water partition coefficient (Wildman–Crippen LogP) is 11.7. The van der Waals surface area contributed by atoms with Crippen molar-refractivity contribution < 1.29 is 28.9 Å². The molecule has 0 N–H and O–H groups in total. The smallest absolute Gasteiger partial charge is 0.132 e. The van der Waals surface area contributed by atoms with E-state index in [1.807, 2.05) is 128 Å². The molecule has 0 aliphatic heterocycles. The van der Waals surface area contributed by atoms with Crippen LogP contribution in [0.2, 0.25) is 0 Å². The van der Waals surface area contributed by atoms with E-state index in [0.717, 1.165) is 60.8 Å². The second kappa shape index (κ2) is 19.1. The van der Waals surface area contributed by atoms with Gasteiger partial charge in [0.15, 0.2) is 0 Å². The fraction of sp³-hybridized carbons (Fsp3) is 0.222. The topological polar surface area (TPSA) is 32.3 Å². The van der Waals surface area contributed by atoms with Gasteiger partial charge in [-0.3, -0.25) is 0 Å². The summed E-state index contributed by atoms with van der Waals surface area (Å²) < 4.78 is 6.32. The summed E-state index contributed by atoms with van der Waals surface area (Å²) in [6.45, 7) is 15.9. The van der Waals surface area contributed by atoms with E-state index in [0.29, 0.717) is 5.75 Å². The van der Waals surface area contributed by atoms with E-state index in [-0.39, 0.29) is 19.5 Å². The molecule has 1 unspecified atom stereocenters. The van der Waals surface area contributed by atoms with Crippen LogP contribution in [0.5, 0.6) is 5.75 Å². The fourth-order valence-corrected chi connectivity index (χ4v) is 8.20. The Kier molecular flexibility index (Phi) is 17.2. The van der Waals surface area contributed by atoms with Gasteiger partial charge in [0.25, 0.3) is 0 Å². The molecule has 0 spiro atoms. The molecule has 0 saturated carbocycles. The van der Waals surface area contributed by atoms with Crippen molar-refractivity contribution in [3.05, 3.63) is 105 Å². The van der Waals surface area contributed by atoms with Gasteiger partial charge in [0.05, 0.1) is 0 Å². The zero-order chi connectivity index (χ0) is 30.4. The molecule has 0 aliphatic carbocycles. The van der Waals surface area contributed by atoms with E-state index in [4.69, 9.17) is 16.3 Å². The second-order valence-corrected chi connectivity index (χ2v) is 14.9. The van der Waals surface area contributed by atoms with E-state index >= 15 is 0 Å². The van der Waals surface area contributed by atoms with Crippen molar-refractivity contribution in [3.63, 3.8) is 0 Å². The van der Waals surface area contributed by atoms with Crippen molar-refractivity contribution >= 4 is 77.5 Å². The average molecular weight is 667 g/mol. The quantitative estimate of drug-likeness (QED) is 0.167. The van der Waals surface area contributed by atoms with Gasteiger partial charge in [0.2, 0.25) is 0 Å². The Bertz CT molecular complexity index is 1400. The first kappa shape index (κ1) is 37.8. The normalized spacial score (nSPS) is 14.2. The summed E-state index contributed by atoms with van der Waals surface area (Å²) in [5.74, 6) is 0.504. The molecule has 0 saturated heterocycles. The maximum Gasteiger partial charge on any atom is 0.132 e. The van der Waals surface area contributed by atoms with Crippen LogP contribution in [-0.2, 0) is 31.3 Å². The van der Waals surface area contributed by atoms with Gasteiger partial charge in [-0.05, 0) is 106 Å². The van der Waals surface area contributed by atoms with Gasteiger partial charge in [-0.1, -0.05) is 120 Å². The molecule has 0 aliphatic rings. The Hall–Kier alpha value is -2.26. The van der Waals surface area contributed by atoms with Crippen LogP contribution in [0.3, 0.4) is 0 Å². The summed E-state index contributed by atoms with van der Waals surface area (Å²) in [6, 6.07) is 4.00. The standard InChI is InChI=1S/C36H43O2PS2.Zn/c1-9-17-27-25-35(33(23-15-7)31(21-13-5)29(27)19-11-3)38-39(37,40)41-36-26-28(18-10-2)30(20-12-4)32(22-14-6)34(36)24-16-8;/h9-26H,1-8H3,(H,37,40);/p-1. The molecule has 2 rings (SSSR count). The van der Waals surface area contributed by atoms with Gasteiger partial charge in [-0.25, -0.2) is 0 Å². The number of allylic oxidation sites excluding steroid dienone is 8. The van der Waals surface area contributed by atoms with Gasteiger partial charge in [0.1, 0.15) is 11.4 Å². The molecule has 2 aromatic carbocycles. The summed E-state index contributed by atoms with van der Waals surface area (Å²) >= 11 is 6.87. The number of hydrogen-bond acceptors (Lipinski definition) is 4. The van der Waals surface area contributed by atoms with Crippen LogP contribution < -0.4 is 9.42 Å². The fourth-order valence-electron chi connectivity index (χ4n) is 4.58. The van der Waals surface area contributed by atoms with Crippen molar-refractivity contribution in [3.8, 4) is 5.75 Å². The maximum absolute atomic E-state index is 14.2. The van der Waals surface area contributed by atoms with Crippen LogP contribution in [0.4, 0.5) is 0 Å². The molecule has 2 nitrogen and oxygen atoms in total. The van der Waals surface area contributed by atoms with Crippen LogP contribution >= 0.6 is 17.1 Å². The molecular weight excluding hydrogens is 625 g/mol. The molecule has 218 valence electrons. The molecule has 0 heterocycles. The minimum absolute atomic E-state index is 0. The molecule has 2 aromatic rings. The van der Waals surface area contributed by atoms with Crippen molar-refractivity contribution in [1.82, 2.24) is 0 Å². The minimum atomic E-state index is -3.65. The van der Waals surface area contributed by atoms with E-state index in [1.165, 1.54) is 0 Å². The van der Waals surface area contributed by atoms with E-state index in [9.17, 15) is 4.89 Å². The maximum atomic E-state index is 14.2. The first-order valence-electron chi connectivity index (χ1n) is 13.9. The second-order valence-electron chi connectivity index (χ2n) is 9.04.